The van der Waals surface area contributed by atoms with Gasteiger partial charge in [0, 0.05) is 26.6 Å². The van der Waals surface area contributed by atoms with E-state index in [1.54, 1.807) is 26.1 Å². The molecular weight excluding hydrogens is 190 g/mol. The molecule has 0 unspecified atom stereocenters. The summed E-state index contributed by atoms with van der Waals surface area (Å²) in [5, 5.41) is 0. The minimum absolute atomic E-state index is 0.0317. The van der Waals surface area contributed by atoms with Gasteiger partial charge in [-0.2, -0.15) is 0 Å². The van der Waals surface area contributed by atoms with Crippen molar-refractivity contribution in [2.75, 3.05) is 27.8 Å². The van der Waals surface area contributed by atoms with Crippen LogP contribution >= 0.6 is 0 Å². The Bertz CT molecular complexity index is 220. The molecule has 0 aromatic carbocycles. The van der Waals surface area contributed by atoms with Crippen LogP contribution in [0.1, 0.15) is 34.1 Å². The Hall–Kier alpha value is -0.570. The lowest BCUT2D eigenvalue weighted by Gasteiger charge is -2.35. The second-order valence-electron chi connectivity index (χ2n) is 5.86. The van der Waals surface area contributed by atoms with Crippen LogP contribution in [0.3, 0.4) is 0 Å². The first-order chi connectivity index (χ1) is 6.62. The standard InChI is InChI=1S/C12H25NO2/c1-11(2,9-15-7)8-12(3,4)10(14)13(5)6/h8-9H2,1-7H3. The molecule has 0 radical (unpaired) electrons. The highest BCUT2D eigenvalue weighted by Gasteiger charge is 2.35. The molecule has 0 aliphatic rings. The number of rotatable bonds is 5. The molecule has 0 aliphatic carbocycles. The first-order valence-corrected chi connectivity index (χ1v) is 5.33. The first-order valence-electron chi connectivity index (χ1n) is 5.33. The molecule has 0 aromatic rings. The van der Waals surface area contributed by atoms with E-state index < -0.39 is 0 Å². The van der Waals surface area contributed by atoms with Crippen LogP contribution in [0.15, 0.2) is 0 Å². The highest BCUT2D eigenvalue weighted by atomic mass is 16.5. The van der Waals surface area contributed by atoms with Crippen LogP contribution in [0.2, 0.25) is 0 Å². The van der Waals surface area contributed by atoms with Gasteiger partial charge in [0.25, 0.3) is 0 Å². The molecule has 0 aliphatic heterocycles. The number of carbonyl (C=O) groups is 1. The van der Waals surface area contributed by atoms with Crippen molar-refractivity contribution in [3.63, 3.8) is 0 Å². The Morgan fingerprint density at radius 1 is 1.20 bits per heavy atom. The zero-order chi connectivity index (χ0) is 12.3. The average Bonchev–Trinajstić information content (AvgIpc) is 2.00. The van der Waals surface area contributed by atoms with Crippen molar-refractivity contribution in [3.05, 3.63) is 0 Å². The van der Waals surface area contributed by atoms with Gasteiger partial charge in [-0.25, -0.2) is 0 Å². The lowest BCUT2D eigenvalue weighted by molar-refractivity contribution is -0.139. The molecule has 3 heteroatoms. The maximum Gasteiger partial charge on any atom is 0.227 e. The van der Waals surface area contributed by atoms with Gasteiger partial charge in [-0.3, -0.25) is 4.79 Å². The third-order valence-electron chi connectivity index (χ3n) is 2.44. The average molecular weight is 215 g/mol. The molecule has 0 bridgehead atoms. The molecule has 1 amide bonds. The molecule has 0 saturated heterocycles. The number of methoxy groups -OCH3 is 1. The van der Waals surface area contributed by atoms with Gasteiger partial charge in [-0.15, -0.1) is 0 Å². The topological polar surface area (TPSA) is 29.5 Å². The summed E-state index contributed by atoms with van der Waals surface area (Å²) in [6, 6.07) is 0. The predicted octanol–water partition coefficient (Wildman–Crippen LogP) is 2.16. The maximum atomic E-state index is 11.9. The van der Waals surface area contributed by atoms with Crippen molar-refractivity contribution in [1.29, 1.82) is 0 Å². The Labute approximate surface area is 93.8 Å². The second kappa shape index (κ2) is 4.97. The fourth-order valence-corrected chi connectivity index (χ4v) is 2.32. The van der Waals surface area contributed by atoms with E-state index in [0.29, 0.717) is 6.61 Å². The van der Waals surface area contributed by atoms with Crippen LogP contribution in [0.5, 0.6) is 0 Å². The SMILES string of the molecule is COCC(C)(C)CC(C)(C)C(=O)N(C)C. The minimum atomic E-state index is -0.328. The number of carbonyl (C=O) groups excluding carboxylic acids is 1. The zero-order valence-electron chi connectivity index (χ0n) is 11.2. The fourth-order valence-electron chi connectivity index (χ4n) is 2.32. The van der Waals surface area contributed by atoms with E-state index in [-0.39, 0.29) is 16.7 Å². The molecule has 0 fully saturated rings. The minimum Gasteiger partial charge on any atom is -0.384 e. The van der Waals surface area contributed by atoms with Crippen molar-refractivity contribution in [2.45, 2.75) is 34.1 Å². The van der Waals surface area contributed by atoms with Gasteiger partial charge in [0.1, 0.15) is 0 Å². The van der Waals surface area contributed by atoms with E-state index >= 15 is 0 Å². The summed E-state index contributed by atoms with van der Waals surface area (Å²) in [5.74, 6) is 0.173. The quantitative estimate of drug-likeness (QED) is 0.703. The highest BCUT2D eigenvalue weighted by Crippen LogP contribution is 2.34. The van der Waals surface area contributed by atoms with Gasteiger partial charge >= 0.3 is 0 Å². The summed E-state index contributed by atoms with van der Waals surface area (Å²) in [5.41, 5.74) is -0.296. The molecular formula is C12H25NO2. The summed E-state index contributed by atoms with van der Waals surface area (Å²) in [7, 11) is 5.29. The highest BCUT2D eigenvalue weighted by molar-refractivity contribution is 5.81. The van der Waals surface area contributed by atoms with E-state index in [9.17, 15) is 4.79 Å². The molecule has 0 rings (SSSR count). The summed E-state index contributed by atoms with van der Waals surface area (Å²) in [6.07, 6.45) is 0.824. The van der Waals surface area contributed by atoms with Gasteiger partial charge < -0.3 is 9.64 Å². The third-order valence-corrected chi connectivity index (χ3v) is 2.44. The van der Waals surface area contributed by atoms with E-state index in [1.165, 1.54) is 0 Å². The second-order valence-corrected chi connectivity index (χ2v) is 5.86. The van der Waals surface area contributed by atoms with E-state index in [4.69, 9.17) is 4.74 Å². The van der Waals surface area contributed by atoms with Crippen molar-refractivity contribution >= 4 is 5.91 Å². The summed E-state index contributed by atoms with van der Waals surface area (Å²) < 4.78 is 5.17. The van der Waals surface area contributed by atoms with Gasteiger partial charge in [-0.1, -0.05) is 27.7 Å². The van der Waals surface area contributed by atoms with E-state index in [2.05, 4.69) is 13.8 Å². The summed E-state index contributed by atoms with van der Waals surface area (Å²) >= 11 is 0. The van der Waals surface area contributed by atoms with Gasteiger partial charge in [0.05, 0.1) is 6.61 Å². The molecule has 3 nitrogen and oxygen atoms in total. The number of ether oxygens (including phenoxy) is 1. The number of amides is 1. The largest absolute Gasteiger partial charge is 0.384 e. The van der Waals surface area contributed by atoms with E-state index in [0.717, 1.165) is 6.42 Å². The Morgan fingerprint density at radius 3 is 2.00 bits per heavy atom. The zero-order valence-corrected chi connectivity index (χ0v) is 11.2. The lowest BCUT2D eigenvalue weighted by atomic mass is 9.75. The molecule has 0 atom stereocenters. The molecule has 0 spiro atoms. The van der Waals surface area contributed by atoms with Crippen LogP contribution in [0.4, 0.5) is 0 Å². The fraction of sp³-hybridized carbons (Fsp3) is 0.917. The van der Waals surface area contributed by atoms with Gasteiger partial charge in [0.15, 0.2) is 0 Å². The van der Waals surface area contributed by atoms with Crippen molar-refractivity contribution in [1.82, 2.24) is 4.90 Å². The van der Waals surface area contributed by atoms with Crippen LogP contribution in [-0.4, -0.2) is 38.6 Å². The van der Waals surface area contributed by atoms with Crippen LogP contribution in [0.25, 0.3) is 0 Å². The van der Waals surface area contributed by atoms with E-state index in [1.807, 2.05) is 13.8 Å². The molecule has 0 N–H and O–H groups in total. The van der Waals surface area contributed by atoms with Crippen LogP contribution < -0.4 is 0 Å². The van der Waals surface area contributed by atoms with Crippen molar-refractivity contribution in [2.24, 2.45) is 10.8 Å². The molecule has 0 aromatic heterocycles. The summed E-state index contributed by atoms with van der Waals surface area (Å²) in [6.45, 7) is 8.92. The lowest BCUT2D eigenvalue weighted by Crippen LogP contribution is -2.40. The molecule has 15 heavy (non-hydrogen) atoms. The number of hydrogen-bond donors (Lipinski definition) is 0. The monoisotopic (exact) mass is 215 g/mol. The molecule has 90 valence electrons. The van der Waals surface area contributed by atoms with Crippen molar-refractivity contribution in [3.8, 4) is 0 Å². The summed E-state index contributed by atoms with van der Waals surface area (Å²) in [4.78, 5) is 13.6. The molecule has 0 saturated carbocycles. The van der Waals surface area contributed by atoms with Gasteiger partial charge in [-0.05, 0) is 11.8 Å². The number of hydrogen-bond acceptors (Lipinski definition) is 2. The third kappa shape index (κ3) is 4.65. The van der Waals surface area contributed by atoms with Gasteiger partial charge in [0.2, 0.25) is 5.91 Å². The van der Waals surface area contributed by atoms with Crippen LogP contribution in [-0.2, 0) is 9.53 Å². The molecule has 0 heterocycles. The Morgan fingerprint density at radius 2 is 1.67 bits per heavy atom. The Balaban J connectivity index is 4.56. The predicted molar refractivity (Wildman–Crippen MR) is 62.7 cm³/mol. The normalized spacial score (nSPS) is 12.7. The maximum absolute atomic E-state index is 11.9. The van der Waals surface area contributed by atoms with Crippen molar-refractivity contribution < 1.29 is 9.53 Å². The Kier molecular flexibility index (Phi) is 4.78. The smallest absolute Gasteiger partial charge is 0.227 e. The first kappa shape index (κ1) is 14.4. The van der Waals surface area contributed by atoms with Crippen LogP contribution in [0, 0.1) is 10.8 Å². The number of nitrogens with zero attached hydrogens (tertiary/aromatic N) is 1.